The second-order valence-corrected chi connectivity index (χ2v) is 14.3. The lowest BCUT2D eigenvalue weighted by molar-refractivity contribution is -0.235. The minimum atomic E-state index is -0.547. The van der Waals surface area contributed by atoms with Crippen LogP contribution in [0.4, 0.5) is 0 Å². The Bertz CT molecular complexity index is 902. The Morgan fingerprint density at radius 1 is 0.879 bits per heavy atom. The smallest absolute Gasteiger partial charge is 0.309 e. The summed E-state index contributed by atoms with van der Waals surface area (Å²) in [6.45, 7) is 18.5. The van der Waals surface area contributed by atoms with E-state index in [0.29, 0.717) is 29.5 Å². The third-order valence-electron chi connectivity index (χ3n) is 13.2. The summed E-state index contributed by atoms with van der Waals surface area (Å²) in [4.78, 5) is 25.7. The molecule has 0 aromatic rings. The number of Topliss-reactive ketones (excluding diaryl/α,β-unsaturated/α-hetero) is 1. The van der Waals surface area contributed by atoms with Crippen molar-refractivity contribution in [2.75, 3.05) is 0 Å². The Kier molecular flexibility index (Phi) is 4.99. The number of allylic oxidation sites excluding steroid dienone is 1. The lowest BCUT2D eigenvalue weighted by atomic mass is 9.32. The summed E-state index contributed by atoms with van der Waals surface area (Å²) in [7, 11) is 0. The van der Waals surface area contributed by atoms with Crippen LogP contribution in [0.2, 0.25) is 0 Å². The maximum Gasteiger partial charge on any atom is 0.309 e. The van der Waals surface area contributed by atoms with Gasteiger partial charge in [0.25, 0.3) is 0 Å². The molecule has 9 atom stereocenters. The molecule has 5 aliphatic carbocycles. The van der Waals surface area contributed by atoms with Gasteiger partial charge in [-0.25, -0.2) is 0 Å². The normalized spacial score (nSPS) is 52.8. The Labute approximate surface area is 201 Å². The molecule has 3 heteroatoms. The van der Waals surface area contributed by atoms with Crippen LogP contribution in [0.5, 0.6) is 0 Å². The molecule has 0 unspecified atom stereocenters. The second kappa shape index (κ2) is 6.97. The quantitative estimate of drug-likeness (QED) is 0.445. The van der Waals surface area contributed by atoms with Gasteiger partial charge in [-0.05, 0) is 111 Å². The lowest BCUT2D eigenvalue weighted by Gasteiger charge is -2.72. The number of aliphatic carboxylic acids is 1. The first-order valence-electron chi connectivity index (χ1n) is 13.7. The van der Waals surface area contributed by atoms with Gasteiger partial charge < -0.3 is 5.11 Å². The zero-order valence-corrected chi connectivity index (χ0v) is 21.9. The average molecular weight is 455 g/mol. The molecule has 33 heavy (non-hydrogen) atoms. The molecule has 184 valence electrons. The van der Waals surface area contributed by atoms with Crippen molar-refractivity contribution in [1.29, 1.82) is 0 Å². The molecule has 5 saturated carbocycles. The summed E-state index contributed by atoms with van der Waals surface area (Å²) < 4.78 is 0. The van der Waals surface area contributed by atoms with Gasteiger partial charge in [0.1, 0.15) is 5.78 Å². The summed E-state index contributed by atoms with van der Waals surface area (Å²) in [5.74, 6) is 2.07. The fourth-order valence-electron chi connectivity index (χ4n) is 11.3. The van der Waals surface area contributed by atoms with E-state index in [0.717, 1.165) is 51.4 Å². The van der Waals surface area contributed by atoms with Crippen LogP contribution in [0.15, 0.2) is 12.2 Å². The van der Waals surface area contributed by atoms with Crippen LogP contribution in [0.3, 0.4) is 0 Å². The SMILES string of the molecule is C=C(C)[C@@H]1CC[C@@]2(C(=O)O)CC[C@@]3(C)[C@@H](CC[C@H]4[C@@]5(C)CCC(=O)C(C)(C)[C@H]5CC[C@@]43C)[C@@H]12. The largest absolute Gasteiger partial charge is 0.481 e. The molecular weight excluding hydrogens is 408 g/mol. The second-order valence-electron chi connectivity index (χ2n) is 14.3. The Morgan fingerprint density at radius 3 is 2.21 bits per heavy atom. The number of carbonyl (C=O) groups excluding carboxylic acids is 1. The van der Waals surface area contributed by atoms with Crippen molar-refractivity contribution in [1.82, 2.24) is 0 Å². The van der Waals surface area contributed by atoms with Gasteiger partial charge in [-0.1, -0.05) is 46.8 Å². The van der Waals surface area contributed by atoms with Gasteiger partial charge in [-0.15, -0.1) is 0 Å². The number of fused-ring (bicyclic) bond motifs is 7. The van der Waals surface area contributed by atoms with Gasteiger partial charge in [0.15, 0.2) is 0 Å². The molecule has 0 amide bonds. The van der Waals surface area contributed by atoms with Gasteiger partial charge in [0, 0.05) is 11.8 Å². The fraction of sp³-hybridized carbons (Fsp3) is 0.867. The minimum absolute atomic E-state index is 0.164. The number of carbonyl (C=O) groups is 2. The number of carboxylic acid groups (broad SMARTS) is 1. The maximum atomic E-state index is 12.9. The standard InChI is InChI=1S/C30H46O3/c1-18(2)19-10-15-30(25(32)33)17-16-28(6)20(24(19)30)8-9-22-27(5)13-12-23(31)26(3,4)21(27)11-14-29(22,28)7/h19-22,24H,1,8-17H2,2-7H3,(H,32,33)/t19-,20-,21+,22-,24+,27-,28-,29-,30+/m0/s1. The van der Waals surface area contributed by atoms with Crippen LogP contribution in [0.1, 0.15) is 106 Å². The van der Waals surface area contributed by atoms with E-state index in [-0.39, 0.29) is 27.6 Å². The van der Waals surface area contributed by atoms with Crippen molar-refractivity contribution in [3.63, 3.8) is 0 Å². The minimum Gasteiger partial charge on any atom is -0.481 e. The Balaban J connectivity index is 1.57. The van der Waals surface area contributed by atoms with Crippen molar-refractivity contribution in [2.45, 2.75) is 106 Å². The highest BCUT2D eigenvalue weighted by atomic mass is 16.4. The summed E-state index contributed by atoms with van der Waals surface area (Å²) in [6, 6.07) is 0. The fourth-order valence-corrected chi connectivity index (χ4v) is 11.3. The topological polar surface area (TPSA) is 54.4 Å². The van der Waals surface area contributed by atoms with E-state index in [1.165, 1.54) is 18.4 Å². The third-order valence-corrected chi connectivity index (χ3v) is 13.2. The van der Waals surface area contributed by atoms with E-state index in [4.69, 9.17) is 0 Å². The summed E-state index contributed by atoms with van der Waals surface area (Å²) in [5, 5.41) is 10.5. The Hall–Kier alpha value is -1.12. The number of hydrogen-bond acceptors (Lipinski definition) is 2. The highest BCUT2D eigenvalue weighted by Gasteiger charge is 2.72. The zero-order valence-electron chi connectivity index (χ0n) is 21.9. The summed E-state index contributed by atoms with van der Waals surface area (Å²) in [5.41, 5.74) is 1.03. The van der Waals surface area contributed by atoms with Gasteiger partial charge in [-0.2, -0.15) is 0 Å². The van der Waals surface area contributed by atoms with Crippen LogP contribution >= 0.6 is 0 Å². The summed E-state index contributed by atoms with van der Waals surface area (Å²) in [6.07, 6.45) is 10.1. The molecule has 0 aromatic heterocycles. The van der Waals surface area contributed by atoms with Crippen molar-refractivity contribution in [2.24, 2.45) is 56.7 Å². The van der Waals surface area contributed by atoms with Crippen LogP contribution in [-0.4, -0.2) is 16.9 Å². The van der Waals surface area contributed by atoms with Crippen LogP contribution in [0.25, 0.3) is 0 Å². The van der Waals surface area contributed by atoms with Crippen molar-refractivity contribution in [3.8, 4) is 0 Å². The predicted octanol–water partition coefficient (Wildman–Crippen LogP) is 7.30. The van der Waals surface area contributed by atoms with Gasteiger partial charge in [0.2, 0.25) is 0 Å². The average Bonchev–Trinajstić information content (AvgIpc) is 3.13. The van der Waals surface area contributed by atoms with Crippen LogP contribution < -0.4 is 0 Å². The first-order valence-corrected chi connectivity index (χ1v) is 13.7. The van der Waals surface area contributed by atoms with Crippen molar-refractivity contribution < 1.29 is 14.7 Å². The first kappa shape index (κ1) is 23.6. The molecule has 1 N–H and O–H groups in total. The number of rotatable bonds is 2. The van der Waals surface area contributed by atoms with Crippen LogP contribution in [-0.2, 0) is 9.59 Å². The van der Waals surface area contributed by atoms with Gasteiger partial charge >= 0.3 is 5.97 Å². The Morgan fingerprint density at radius 2 is 1.58 bits per heavy atom. The van der Waals surface area contributed by atoms with E-state index < -0.39 is 11.4 Å². The van der Waals surface area contributed by atoms with Crippen LogP contribution in [0, 0.1) is 56.7 Å². The van der Waals surface area contributed by atoms with Crippen molar-refractivity contribution in [3.05, 3.63) is 12.2 Å². The molecule has 0 radical (unpaired) electrons. The highest BCUT2D eigenvalue weighted by molar-refractivity contribution is 5.85. The van der Waals surface area contributed by atoms with Crippen molar-refractivity contribution >= 4 is 11.8 Å². The molecule has 0 spiro atoms. The molecular formula is C30H46O3. The molecule has 5 aliphatic rings. The number of carboxylic acids is 1. The molecule has 0 heterocycles. The molecule has 5 rings (SSSR count). The maximum absolute atomic E-state index is 12.9. The number of ketones is 1. The van der Waals surface area contributed by atoms with E-state index in [9.17, 15) is 14.7 Å². The molecule has 0 aromatic carbocycles. The molecule has 5 fully saturated rings. The molecule has 0 bridgehead atoms. The van der Waals surface area contributed by atoms with E-state index in [1.807, 2.05) is 0 Å². The monoisotopic (exact) mass is 454 g/mol. The molecule has 3 nitrogen and oxygen atoms in total. The third kappa shape index (κ3) is 2.69. The molecule has 0 aliphatic heterocycles. The van der Waals surface area contributed by atoms with E-state index >= 15 is 0 Å². The molecule has 0 saturated heterocycles. The van der Waals surface area contributed by atoms with E-state index in [1.54, 1.807) is 0 Å². The zero-order chi connectivity index (χ0) is 24.2. The van der Waals surface area contributed by atoms with E-state index in [2.05, 4.69) is 48.1 Å². The van der Waals surface area contributed by atoms with Gasteiger partial charge in [-0.3, -0.25) is 9.59 Å². The predicted molar refractivity (Wildman–Crippen MR) is 132 cm³/mol. The van der Waals surface area contributed by atoms with Gasteiger partial charge in [0.05, 0.1) is 5.41 Å². The highest BCUT2D eigenvalue weighted by Crippen LogP contribution is 2.77. The lowest BCUT2D eigenvalue weighted by Crippen LogP contribution is -2.66. The number of hydrogen-bond donors (Lipinski definition) is 1. The summed E-state index contributed by atoms with van der Waals surface area (Å²) >= 11 is 0. The first-order chi connectivity index (χ1) is 15.3.